The molecule has 3 nitrogen and oxygen atoms in total. The Labute approximate surface area is 117 Å². The van der Waals surface area contributed by atoms with Crippen molar-refractivity contribution < 1.29 is 8.42 Å². The van der Waals surface area contributed by atoms with E-state index in [9.17, 15) is 8.42 Å². The molecule has 0 aromatic heterocycles. The zero-order valence-electron chi connectivity index (χ0n) is 12.3. The largest absolute Gasteiger partial charge is 0.314 e. The van der Waals surface area contributed by atoms with E-state index in [-0.39, 0.29) is 0 Å². The van der Waals surface area contributed by atoms with Gasteiger partial charge in [0.25, 0.3) is 0 Å². The Hall–Kier alpha value is -0.870. The van der Waals surface area contributed by atoms with E-state index in [1.165, 1.54) is 11.8 Å². The molecule has 0 amide bonds. The molecule has 0 aliphatic rings. The van der Waals surface area contributed by atoms with Crippen molar-refractivity contribution in [3.63, 3.8) is 0 Å². The maximum atomic E-state index is 11.4. The molecule has 0 saturated carbocycles. The van der Waals surface area contributed by atoms with Crippen molar-refractivity contribution in [1.29, 1.82) is 0 Å². The Morgan fingerprint density at radius 1 is 1.16 bits per heavy atom. The fourth-order valence-electron chi connectivity index (χ4n) is 2.25. The first-order valence-corrected chi connectivity index (χ1v) is 8.74. The lowest BCUT2D eigenvalue weighted by Gasteiger charge is -2.20. The van der Waals surface area contributed by atoms with Gasteiger partial charge in [-0.25, -0.2) is 8.42 Å². The number of likely N-dealkylation sites (N-methyl/N-ethyl adjacent to an activating group) is 1. The van der Waals surface area contributed by atoms with Crippen molar-refractivity contribution in [2.24, 2.45) is 5.92 Å². The molecule has 1 unspecified atom stereocenters. The molecule has 0 spiro atoms. The van der Waals surface area contributed by atoms with Gasteiger partial charge in [0, 0.05) is 12.3 Å². The first-order chi connectivity index (χ1) is 8.82. The molecule has 0 heterocycles. The highest BCUT2D eigenvalue weighted by Gasteiger charge is 2.11. The van der Waals surface area contributed by atoms with Gasteiger partial charge in [0.15, 0.2) is 9.84 Å². The Balaban J connectivity index is 2.74. The molecule has 1 N–H and O–H groups in total. The van der Waals surface area contributed by atoms with Gasteiger partial charge in [-0.1, -0.05) is 32.9 Å². The van der Waals surface area contributed by atoms with Gasteiger partial charge >= 0.3 is 0 Å². The summed E-state index contributed by atoms with van der Waals surface area (Å²) < 4.78 is 22.8. The van der Waals surface area contributed by atoms with Gasteiger partial charge in [-0.05, 0) is 43.0 Å². The van der Waals surface area contributed by atoms with Crippen molar-refractivity contribution >= 4 is 9.84 Å². The maximum Gasteiger partial charge on any atom is 0.175 e. The van der Waals surface area contributed by atoms with E-state index < -0.39 is 9.84 Å². The van der Waals surface area contributed by atoms with Crippen LogP contribution in [0, 0.1) is 5.92 Å². The van der Waals surface area contributed by atoms with Crippen molar-refractivity contribution in [2.45, 2.75) is 44.6 Å². The van der Waals surface area contributed by atoms with Gasteiger partial charge in [0.2, 0.25) is 0 Å². The monoisotopic (exact) mass is 283 g/mol. The smallest absolute Gasteiger partial charge is 0.175 e. The van der Waals surface area contributed by atoms with Gasteiger partial charge in [0.05, 0.1) is 4.90 Å². The summed E-state index contributed by atoms with van der Waals surface area (Å²) in [6, 6.07) is 7.68. The number of rotatable bonds is 7. The lowest BCUT2D eigenvalue weighted by atomic mass is 9.97. The molecule has 1 aromatic carbocycles. The van der Waals surface area contributed by atoms with Crippen LogP contribution in [0.15, 0.2) is 29.2 Å². The van der Waals surface area contributed by atoms with Gasteiger partial charge < -0.3 is 5.32 Å². The van der Waals surface area contributed by atoms with E-state index in [0.29, 0.717) is 16.9 Å². The molecule has 1 atom stereocenters. The van der Waals surface area contributed by atoms with Gasteiger partial charge in [-0.15, -0.1) is 0 Å². The average molecular weight is 283 g/mol. The van der Waals surface area contributed by atoms with Crippen LogP contribution in [0.4, 0.5) is 0 Å². The van der Waals surface area contributed by atoms with Gasteiger partial charge in [-0.3, -0.25) is 0 Å². The minimum atomic E-state index is -3.09. The fraction of sp³-hybridized carbons (Fsp3) is 0.600. The van der Waals surface area contributed by atoms with E-state index >= 15 is 0 Å². The second-order valence-corrected chi connectivity index (χ2v) is 7.52. The quantitative estimate of drug-likeness (QED) is 0.837. The molecular weight excluding hydrogens is 258 g/mol. The summed E-state index contributed by atoms with van der Waals surface area (Å²) in [4.78, 5) is 0.389. The molecule has 4 heteroatoms. The fourth-order valence-corrected chi connectivity index (χ4v) is 2.88. The van der Waals surface area contributed by atoms with Crippen molar-refractivity contribution in [1.82, 2.24) is 5.32 Å². The Kier molecular flexibility index (Phi) is 6.01. The van der Waals surface area contributed by atoms with E-state index in [2.05, 4.69) is 26.1 Å². The Morgan fingerprint density at radius 3 is 2.16 bits per heavy atom. The third kappa shape index (κ3) is 5.74. The van der Waals surface area contributed by atoms with Crippen LogP contribution in [-0.4, -0.2) is 27.3 Å². The van der Waals surface area contributed by atoms with Crippen LogP contribution in [0.1, 0.15) is 32.8 Å². The van der Waals surface area contributed by atoms with Gasteiger partial charge in [0.1, 0.15) is 0 Å². The molecule has 0 radical (unpaired) electrons. The summed E-state index contributed by atoms with van der Waals surface area (Å²) in [7, 11) is -3.09. The summed E-state index contributed by atoms with van der Waals surface area (Å²) in [5, 5.41) is 3.49. The van der Waals surface area contributed by atoms with Crippen LogP contribution in [0.25, 0.3) is 0 Å². The molecular formula is C15H25NO2S. The number of sulfone groups is 1. The highest BCUT2D eigenvalue weighted by atomic mass is 32.2. The molecule has 0 fully saturated rings. The molecule has 0 bridgehead atoms. The topological polar surface area (TPSA) is 46.2 Å². The first-order valence-electron chi connectivity index (χ1n) is 6.85. The summed E-state index contributed by atoms with van der Waals surface area (Å²) >= 11 is 0. The lowest BCUT2D eigenvalue weighted by molar-refractivity contribution is 0.424. The molecule has 19 heavy (non-hydrogen) atoms. The molecule has 0 aliphatic heterocycles. The molecule has 1 aromatic rings. The van der Waals surface area contributed by atoms with E-state index in [0.717, 1.165) is 19.4 Å². The van der Waals surface area contributed by atoms with Crippen LogP contribution in [0.5, 0.6) is 0 Å². The second kappa shape index (κ2) is 7.06. The molecule has 0 saturated heterocycles. The number of hydrogen-bond acceptors (Lipinski definition) is 3. The van der Waals surface area contributed by atoms with Crippen LogP contribution >= 0.6 is 0 Å². The molecule has 1 rings (SSSR count). The normalized spacial score (nSPS) is 13.7. The van der Waals surface area contributed by atoms with Crippen molar-refractivity contribution in [2.75, 3.05) is 12.8 Å². The predicted molar refractivity (Wildman–Crippen MR) is 80.2 cm³/mol. The SMILES string of the molecule is CCNC(Cc1ccc(S(C)(=O)=O)cc1)CC(C)C. The minimum Gasteiger partial charge on any atom is -0.314 e. The molecule has 0 aliphatic carbocycles. The van der Waals surface area contributed by atoms with Crippen molar-refractivity contribution in [3.8, 4) is 0 Å². The first kappa shape index (κ1) is 16.2. The van der Waals surface area contributed by atoms with Crippen LogP contribution < -0.4 is 5.32 Å². The maximum absolute atomic E-state index is 11.4. The Morgan fingerprint density at radius 2 is 1.74 bits per heavy atom. The summed E-state index contributed by atoms with van der Waals surface area (Å²) in [6.45, 7) is 7.51. The minimum absolute atomic E-state index is 0.389. The number of benzene rings is 1. The highest BCUT2D eigenvalue weighted by Crippen LogP contribution is 2.14. The molecule has 108 valence electrons. The predicted octanol–water partition coefficient (Wildman–Crippen LogP) is 2.66. The number of hydrogen-bond donors (Lipinski definition) is 1. The zero-order valence-corrected chi connectivity index (χ0v) is 13.1. The van der Waals surface area contributed by atoms with E-state index in [1.54, 1.807) is 12.1 Å². The van der Waals surface area contributed by atoms with Crippen LogP contribution in [0.2, 0.25) is 0 Å². The second-order valence-electron chi connectivity index (χ2n) is 5.50. The third-order valence-corrected chi connectivity index (χ3v) is 4.21. The highest BCUT2D eigenvalue weighted by molar-refractivity contribution is 7.90. The standard InChI is InChI=1S/C15H25NO2S/c1-5-16-14(10-12(2)3)11-13-6-8-15(9-7-13)19(4,17)18/h6-9,12,14,16H,5,10-11H2,1-4H3. The third-order valence-electron chi connectivity index (χ3n) is 3.08. The summed E-state index contributed by atoms with van der Waals surface area (Å²) in [5.41, 5.74) is 1.18. The lowest BCUT2D eigenvalue weighted by Crippen LogP contribution is -2.32. The summed E-state index contributed by atoms with van der Waals surface area (Å²) in [5.74, 6) is 0.652. The average Bonchev–Trinajstić information content (AvgIpc) is 2.28. The summed E-state index contributed by atoms with van der Waals surface area (Å²) in [6.07, 6.45) is 3.31. The van der Waals surface area contributed by atoms with Gasteiger partial charge in [-0.2, -0.15) is 0 Å². The number of nitrogens with one attached hydrogen (secondary N) is 1. The van der Waals surface area contributed by atoms with Crippen LogP contribution in [-0.2, 0) is 16.3 Å². The zero-order chi connectivity index (χ0) is 14.5. The Bertz CT molecular complexity index is 477. The van der Waals surface area contributed by atoms with E-state index in [4.69, 9.17) is 0 Å². The van der Waals surface area contributed by atoms with E-state index in [1.807, 2.05) is 12.1 Å². The van der Waals surface area contributed by atoms with Crippen LogP contribution in [0.3, 0.4) is 0 Å². The van der Waals surface area contributed by atoms with Crippen molar-refractivity contribution in [3.05, 3.63) is 29.8 Å².